The van der Waals surface area contributed by atoms with Gasteiger partial charge in [0.1, 0.15) is 6.23 Å². The summed E-state index contributed by atoms with van der Waals surface area (Å²) in [5.74, 6) is -0.341. The smallest absolute Gasteiger partial charge is 0.332 e. The van der Waals surface area contributed by atoms with Gasteiger partial charge in [-0.25, -0.2) is 4.79 Å². The molecule has 0 aromatic heterocycles. The normalized spacial score (nSPS) is 9.69. The summed E-state index contributed by atoms with van der Waals surface area (Å²) >= 11 is 0. The van der Waals surface area contributed by atoms with Crippen molar-refractivity contribution in [2.45, 2.75) is 26.7 Å². The fourth-order valence-electron chi connectivity index (χ4n) is 0.549. The summed E-state index contributed by atoms with van der Waals surface area (Å²) in [6, 6.07) is 0. The van der Waals surface area contributed by atoms with Crippen molar-refractivity contribution in [3.63, 3.8) is 0 Å². The Balaban J connectivity index is 3.16. The number of carbonyl (C=O) groups excluding carboxylic acids is 1. The van der Waals surface area contributed by atoms with E-state index in [1.807, 2.05) is 0 Å². The fourth-order valence-corrected chi connectivity index (χ4v) is 1.11. The number of ether oxygens (including phenoxy) is 1. The zero-order chi connectivity index (χ0) is 10.1. The molecule has 0 N–H and O–H groups in total. The summed E-state index contributed by atoms with van der Waals surface area (Å²) < 4.78 is 10.1. The zero-order valence-electron chi connectivity index (χ0n) is 8.26. The molecule has 0 saturated heterocycles. The molecule has 0 saturated carbocycles. The Morgan fingerprint density at radius 2 is 2.23 bits per heavy atom. The van der Waals surface area contributed by atoms with Crippen molar-refractivity contribution in [3.05, 3.63) is 12.2 Å². The number of esters is 1. The number of hydrogen-bond acceptors (Lipinski definition) is 3. The standard InChI is InChI=1S/C9H16O3Si/c1-4-5-6-12-13-7-11-9(10)8(2)3/h2,4-7H2,1,3H3. The molecule has 0 bridgehead atoms. The molecule has 0 aromatic rings. The molecule has 2 radical (unpaired) electrons. The van der Waals surface area contributed by atoms with Crippen LogP contribution in [-0.2, 0) is 14.0 Å². The van der Waals surface area contributed by atoms with Gasteiger partial charge in [0.05, 0.1) is 0 Å². The van der Waals surface area contributed by atoms with Crippen LogP contribution in [0, 0.1) is 0 Å². The van der Waals surface area contributed by atoms with Gasteiger partial charge in [-0.2, -0.15) is 0 Å². The lowest BCUT2D eigenvalue weighted by molar-refractivity contribution is -0.137. The second kappa shape index (κ2) is 8.01. The van der Waals surface area contributed by atoms with E-state index >= 15 is 0 Å². The molecule has 3 nitrogen and oxygen atoms in total. The predicted octanol–water partition coefficient (Wildman–Crippen LogP) is 1.50. The van der Waals surface area contributed by atoms with E-state index < -0.39 is 0 Å². The summed E-state index contributed by atoms with van der Waals surface area (Å²) in [4.78, 5) is 10.9. The third-order valence-electron chi connectivity index (χ3n) is 1.31. The maximum absolute atomic E-state index is 10.9. The molecule has 0 rings (SSSR count). The second-order valence-electron chi connectivity index (χ2n) is 2.70. The van der Waals surface area contributed by atoms with Crippen LogP contribution in [0.5, 0.6) is 0 Å². The lowest BCUT2D eigenvalue weighted by atomic mass is 10.4. The van der Waals surface area contributed by atoms with Gasteiger partial charge in [-0.05, 0) is 13.3 Å². The molecule has 0 amide bonds. The minimum absolute atomic E-state index is 0.243. The number of hydrogen-bond donors (Lipinski definition) is 0. The van der Waals surface area contributed by atoms with E-state index in [9.17, 15) is 4.79 Å². The Labute approximate surface area is 82.1 Å². The maximum atomic E-state index is 10.9. The monoisotopic (exact) mass is 200 g/mol. The highest BCUT2D eigenvalue weighted by Gasteiger charge is 2.02. The molecular weight excluding hydrogens is 184 g/mol. The average molecular weight is 200 g/mol. The highest BCUT2D eigenvalue weighted by atomic mass is 28.2. The van der Waals surface area contributed by atoms with E-state index in [0.717, 1.165) is 19.4 Å². The Bertz CT molecular complexity index is 168. The predicted molar refractivity (Wildman–Crippen MR) is 52.4 cm³/mol. The van der Waals surface area contributed by atoms with Crippen LogP contribution in [0.4, 0.5) is 0 Å². The van der Waals surface area contributed by atoms with Crippen molar-refractivity contribution in [2.75, 3.05) is 12.8 Å². The molecule has 0 aliphatic carbocycles. The number of rotatable bonds is 7. The van der Waals surface area contributed by atoms with Gasteiger partial charge in [-0.1, -0.05) is 19.9 Å². The van der Waals surface area contributed by atoms with Crippen LogP contribution in [0.15, 0.2) is 12.2 Å². The minimum atomic E-state index is -0.341. The third kappa shape index (κ3) is 7.74. The molecule has 0 spiro atoms. The van der Waals surface area contributed by atoms with E-state index in [1.165, 1.54) is 0 Å². The first-order valence-electron chi connectivity index (χ1n) is 4.35. The molecule has 4 heteroatoms. The van der Waals surface area contributed by atoms with Gasteiger partial charge in [0, 0.05) is 12.2 Å². The summed E-state index contributed by atoms with van der Waals surface area (Å²) in [6.45, 7) is 7.95. The molecular formula is C9H16O3Si. The number of unbranched alkanes of at least 4 members (excludes halogenated alkanes) is 1. The van der Waals surface area contributed by atoms with Crippen LogP contribution in [-0.4, -0.2) is 28.6 Å². The van der Waals surface area contributed by atoms with Gasteiger partial charge in [0.15, 0.2) is 0 Å². The molecule has 0 aliphatic heterocycles. The lowest BCUT2D eigenvalue weighted by Crippen LogP contribution is -2.14. The van der Waals surface area contributed by atoms with Crippen LogP contribution in [0.2, 0.25) is 0 Å². The van der Waals surface area contributed by atoms with Gasteiger partial charge < -0.3 is 9.16 Å². The van der Waals surface area contributed by atoms with Gasteiger partial charge in [-0.3, -0.25) is 0 Å². The summed E-state index contributed by atoms with van der Waals surface area (Å²) in [5, 5.41) is 0. The molecule has 0 aromatic carbocycles. The van der Waals surface area contributed by atoms with Gasteiger partial charge in [-0.15, -0.1) is 0 Å². The molecule has 0 fully saturated rings. The zero-order valence-corrected chi connectivity index (χ0v) is 9.26. The van der Waals surface area contributed by atoms with Crippen molar-refractivity contribution in [2.24, 2.45) is 0 Å². The quantitative estimate of drug-likeness (QED) is 0.270. The maximum Gasteiger partial charge on any atom is 0.332 e. The van der Waals surface area contributed by atoms with Crippen LogP contribution in [0.25, 0.3) is 0 Å². The van der Waals surface area contributed by atoms with Crippen molar-refractivity contribution in [3.8, 4) is 0 Å². The Hall–Kier alpha value is -0.613. The topological polar surface area (TPSA) is 35.5 Å². The van der Waals surface area contributed by atoms with Gasteiger partial charge in [0.2, 0.25) is 0 Å². The second-order valence-corrected chi connectivity index (χ2v) is 3.57. The van der Waals surface area contributed by atoms with E-state index in [2.05, 4.69) is 13.5 Å². The summed E-state index contributed by atoms with van der Waals surface area (Å²) in [6.07, 6.45) is 2.52. The SMILES string of the molecule is C=C(C)C(=O)OC[Si]OCCCC. The molecule has 0 heterocycles. The minimum Gasteiger partial charge on any atom is -0.464 e. The Morgan fingerprint density at radius 1 is 1.54 bits per heavy atom. The van der Waals surface area contributed by atoms with Crippen molar-refractivity contribution >= 4 is 15.7 Å². The fraction of sp³-hybridized carbons (Fsp3) is 0.667. The molecule has 0 aliphatic rings. The van der Waals surface area contributed by atoms with Crippen molar-refractivity contribution < 1.29 is 14.0 Å². The first kappa shape index (κ1) is 12.4. The Morgan fingerprint density at radius 3 is 2.77 bits per heavy atom. The lowest BCUT2D eigenvalue weighted by Gasteiger charge is -2.03. The molecule has 13 heavy (non-hydrogen) atoms. The Kier molecular flexibility index (Phi) is 7.63. The third-order valence-corrected chi connectivity index (χ3v) is 1.98. The number of carbonyl (C=O) groups is 1. The molecule has 0 atom stereocenters. The van der Waals surface area contributed by atoms with Crippen molar-refractivity contribution in [1.29, 1.82) is 0 Å². The summed E-state index contributed by atoms with van der Waals surface area (Å²) in [5.41, 5.74) is 0.429. The summed E-state index contributed by atoms with van der Waals surface area (Å²) in [7, 11) is 0.243. The van der Waals surface area contributed by atoms with Gasteiger partial charge >= 0.3 is 5.97 Å². The van der Waals surface area contributed by atoms with E-state index in [4.69, 9.17) is 9.16 Å². The van der Waals surface area contributed by atoms with E-state index in [1.54, 1.807) is 6.92 Å². The average Bonchev–Trinajstić information content (AvgIpc) is 2.10. The van der Waals surface area contributed by atoms with E-state index in [0.29, 0.717) is 11.8 Å². The largest absolute Gasteiger partial charge is 0.464 e. The van der Waals surface area contributed by atoms with Crippen LogP contribution in [0.3, 0.4) is 0 Å². The first-order valence-corrected chi connectivity index (χ1v) is 5.47. The first-order chi connectivity index (χ1) is 6.18. The van der Waals surface area contributed by atoms with Crippen LogP contribution < -0.4 is 0 Å². The van der Waals surface area contributed by atoms with Crippen LogP contribution >= 0.6 is 0 Å². The highest BCUT2D eigenvalue weighted by Crippen LogP contribution is 1.91. The van der Waals surface area contributed by atoms with Crippen LogP contribution in [0.1, 0.15) is 26.7 Å². The highest BCUT2D eigenvalue weighted by molar-refractivity contribution is 6.27. The molecule has 74 valence electrons. The van der Waals surface area contributed by atoms with Crippen molar-refractivity contribution in [1.82, 2.24) is 0 Å². The molecule has 0 unspecified atom stereocenters. The van der Waals surface area contributed by atoms with Gasteiger partial charge in [0.25, 0.3) is 9.76 Å². The van der Waals surface area contributed by atoms with E-state index in [-0.39, 0.29) is 15.7 Å².